The molecule has 3 heteroatoms. The lowest BCUT2D eigenvalue weighted by Gasteiger charge is -2.06. The Hall–Kier alpha value is -1.07. The number of hydrogen-bond donors (Lipinski definition) is 1. The number of aliphatic hydroxyl groups excluding tert-OH is 1. The second-order valence-electron chi connectivity index (χ2n) is 3.72. The first-order valence-corrected chi connectivity index (χ1v) is 6.43. The molecule has 0 aliphatic rings. The van der Waals surface area contributed by atoms with E-state index in [0.717, 1.165) is 16.9 Å². The molecule has 0 fully saturated rings. The van der Waals surface area contributed by atoms with Gasteiger partial charge in [-0.25, -0.2) is 0 Å². The summed E-state index contributed by atoms with van der Waals surface area (Å²) in [5, 5.41) is 8.93. The molecule has 0 atom stereocenters. The summed E-state index contributed by atoms with van der Waals surface area (Å²) in [7, 11) is 0. The van der Waals surface area contributed by atoms with Crippen molar-refractivity contribution in [2.75, 3.05) is 0 Å². The van der Waals surface area contributed by atoms with E-state index in [1.54, 1.807) is 0 Å². The van der Waals surface area contributed by atoms with Crippen LogP contribution in [0.5, 0.6) is 5.75 Å². The summed E-state index contributed by atoms with van der Waals surface area (Å²) in [5.41, 5.74) is 2.02. The summed E-state index contributed by atoms with van der Waals surface area (Å²) >= 11 is 2.26. The Balaban J connectivity index is 1.95. The van der Waals surface area contributed by atoms with E-state index in [4.69, 9.17) is 9.84 Å². The monoisotopic (exact) mass is 340 g/mol. The molecule has 0 aromatic heterocycles. The molecular weight excluding hydrogens is 327 g/mol. The topological polar surface area (TPSA) is 29.5 Å². The summed E-state index contributed by atoms with van der Waals surface area (Å²) in [6, 6.07) is 15.7. The van der Waals surface area contributed by atoms with Gasteiger partial charge in [0.25, 0.3) is 0 Å². The number of rotatable bonds is 4. The summed E-state index contributed by atoms with van der Waals surface area (Å²) in [6.07, 6.45) is 0. The van der Waals surface area contributed by atoms with Gasteiger partial charge in [-0.1, -0.05) is 24.3 Å². The Labute approximate surface area is 114 Å². The molecule has 0 saturated carbocycles. The van der Waals surface area contributed by atoms with Crippen molar-refractivity contribution in [3.05, 3.63) is 63.2 Å². The Morgan fingerprint density at radius 3 is 2.06 bits per heavy atom. The SMILES string of the molecule is OCc1ccc(COc2ccc(I)cc2)cc1. The quantitative estimate of drug-likeness (QED) is 0.865. The fraction of sp³-hybridized carbons (Fsp3) is 0.143. The molecule has 2 aromatic rings. The molecule has 17 heavy (non-hydrogen) atoms. The highest BCUT2D eigenvalue weighted by atomic mass is 127. The second kappa shape index (κ2) is 6.02. The lowest BCUT2D eigenvalue weighted by atomic mass is 10.1. The predicted octanol–water partition coefficient (Wildman–Crippen LogP) is 3.36. The molecule has 0 unspecified atom stereocenters. The maximum Gasteiger partial charge on any atom is 0.119 e. The Morgan fingerprint density at radius 2 is 1.47 bits per heavy atom. The van der Waals surface area contributed by atoms with Crippen molar-refractivity contribution >= 4 is 22.6 Å². The van der Waals surface area contributed by atoms with Gasteiger partial charge in [0.15, 0.2) is 0 Å². The standard InChI is InChI=1S/C14H13IO2/c15-13-5-7-14(8-6-13)17-10-12-3-1-11(9-16)2-4-12/h1-8,16H,9-10H2. The predicted molar refractivity (Wildman–Crippen MR) is 75.9 cm³/mol. The summed E-state index contributed by atoms with van der Waals surface area (Å²) in [5.74, 6) is 0.872. The van der Waals surface area contributed by atoms with Gasteiger partial charge in [-0.15, -0.1) is 0 Å². The van der Waals surface area contributed by atoms with Crippen molar-refractivity contribution in [3.8, 4) is 5.75 Å². The first-order chi connectivity index (χ1) is 8.28. The average molecular weight is 340 g/mol. The van der Waals surface area contributed by atoms with Crippen LogP contribution in [0.4, 0.5) is 0 Å². The van der Waals surface area contributed by atoms with E-state index >= 15 is 0 Å². The zero-order chi connectivity index (χ0) is 12.1. The van der Waals surface area contributed by atoms with Crippen LogP contribution in [0.1, 0.15) is 11.1 Å². The summed E-state index contributed by atoms with van der Waals surface area (Å²) in [6.45, 7) is 0.630. The van der Waals surface area contributed by atoms with Gasteiger partial charge in [0, 0.05) is 3.57 Å². The van der Waals surface area contributed by atoms with Crippen molar-refractivity contribution < 1.29 is 9.84 Å². The van der Waals surface area contributed by atoms with E-state index in [-0.39, 0.29) is 6.61 Å². The van der Waals surface area contributed by atoms with Gasteiger partial charge in [-0.2, -0.15) is 0 Å². The Kier molecular flexibility index (Phi) is 4.39. The minimum absolute atomic E-state index is 0.0816. The van der Waals surface area contributed by atoms with E-state index in [1.165, 1.54) is 3.57 Å². The van der Waals surface area contributed by atoms with Crippen LogP contribution in [0.3, 0.4) is 0 Å². The molecule has 0 bridgehead atoms. The van der Waals surface area contributed by atoms with E-state index in [9.17, 15) is 0 Å². The van der Waals surface area contributed by atoms with Gasteiger partial charge in [0.2, 0.25) is 0 Å². The zero-order valence-corrected chi connectivity index (χ0v) is 11.4. The number of benzene rings is 2. The molecule has 88 valence electrons. The van der Waals surface area contributed by atoms with E-state index in [2.05, 4.69) is 22.6 Å². The largest absolute Gasteiger partial charge is 0.489 e. The molecule has 0 radical (unpaired) electrons. The first-order valence-electron chi connectivity index (χ1n) is 5.35. The van der Waals surface area contributed by atoms with Crippen LogP contribution >= 0.6 is 22.6 Å². The maximum absolute atomic E-state index is 8.93. The second-order valence-corrected chi connectivity index (χ2v) is 4.96. The van der Waals surface area contributed by atoms with Crippen molar-refractivity contribution in [1.82, 2.24) is 0 Å². The van der Waals surface area contributed by atoms with Crippen molar-refractivity contribution in [2.45, 2.75) is 13.2 Å². The molecule has 1 N–H and O–H groups in total. The number of aliphatic hydroxyl groups is 1. The van der Waals surface area contributed by atoms with E-state index in [0.29, 0.717) is 6.61 Å². The number of halogens is 1. The van der Waals surface area contributed by atoms with Gasteiger partial charge in [0.05, 0.1) is 6.61 Å². The summed E-state index contributed by atoms with van der Waals surface area (Å²) in [4.78, 5) is 0. The van der Waals surface area contributed by atoms with E-state index in [1.807, 2.05) is 48.5 Å². The highest BCUT2D eigenvalue weighted by molar-refractivity contribution is 14.1. The molecule has 0 aliphatic carbocycles. The first kappa shape index (κ1) is 12.4. The Morgan fingerprint density at radius 1 is 0.882 bits per heavy atom. The van der Waals surface area contributed by atoms with Crippen molar-refractivity contribution in [2.24, 2.45) is 0 Å². The third-order valence-corrected chi connectivity index (χ3v) is 3.14. The minimum Gasteiger partial charge on any atom is -0.489 e. The number of ether oxygens (including phenoxy) is 1. The molecule has 0 saturated heterocycles. The molecule has 0 aliphatic heterocycles. The van der Waals surface area contributed by atoms with Crippen molar-refractivity contribution in [3.63, 3.8) is 0 Å². The van der Waals surface area contributed by atoms with Crippen LogP contribution in [0.25, 0.3) is 0 Å². The Bertz CT molecular complexity index is 463. The van der Waals surface area contributed by atoms with Gasteiger partial charge >= 0.3 is 0 Å². The van der Waals surface area contributed by atoms with Crippen LogP contribution in [0.2, 0.25) is 0 Å². The highest BCUT2D eigenvalue weighted by Crippen LogP contribution is 2.15. The fourth-order valence-corrected chi connectivity index (χ4v) is 1.80. The minimum atomic E-state index is 0.0816. The molecule has 0 heterocycles. The summed E-state index contributed by atoms with van der Waals surface area (Å²) < 4.78 is 6.85. The third kappa shape index (κ3) is 3.71. The van der Waals surface area contributed by atoms with Crippen LogP contribution < -0.4 is 4.74 Å². The van der Waals surface area contributed by atoms with Gasteiger partial charge in [-0.3, -0.25) is 0 Å². The third-order valence-electron chi connectivity index (χ3n) is 2.42. The molecule has 0 spiro atoms. The van der Waals surface area contributed by atoms with Crippen LogP contribution in [-0.2, 0) is 13.2 Å². The van der Waals surface area contributed by atoms with E-state index < -0.39 is 0 Å². The van der Waals surface area contributed by atoms with Crippen LogP contribution in [0.15, 0.2) is 48.5 Å². The van der Waals surface area contributed by atoms with Gasteiger partial charge in [0.1, 0.15) is 12.4 Å². The molecule has 0 amide bonds. The molecular formula is C14H13IO2. The van der Waals surface area contributed by atoms with Crippen LogP contribution in [0, 0.1) is 3.57 Å². The molecule has 2 nitrogen and oxygen atoms in total. The lowest BCUT2D eigenvalue weighted by molar-refractivity contribution is 0.281. The fourth-order valence-electron chi connectivity index (χ4n) is 1.44. The van der Waals surface area contributed by atoms with Crippen LogP contribution in [-0.4, -0.2) is 5.11 Å². The lowest BCUT2D eigenvalue weighted by Crippen LogP contribution is -1.95. The van der Waals surface area contributed by atoms with Crippen molar-refractivity contribution in [1.29, 1.82) is 0 Å². The molecule has 2 aromatic carbocycles. The normalized spacial score (nSPS) is 10.2. The number of hydrogen-bond acceptors (Lipinski definition) is 2. The molecule has 2 rings (SSSR count). The highest BCUT2D eigenvalue weighted by Gasteiger charge is 1.96. The van der Waals surface area contributed by atoms with Gasteiger partial charge < -0.3 is 9.84 Å². The zero-order valence-electron chi connectivity index (χ0n) is 9.27. The average Bonchev–Trinajstić information content (AvgIpc) is 2.39. The van der Waals surface area contributed by atoms with Gasteiger partial charge in [-0.05, 0) is 58.0 Å². The smallest absolute Gasteiger partial charge is 0.119 e. The maximum atomic E-state index is 8.93.